The van der Waals surface area contributed by atoms with E-state index in [4.69, 9.17) is 5.26 Å². The summed E-state index contributed by atoms with van der Waals surface area (Å²) in [4.78, 5) is 0. The summed E-state index contributed by atoms with van der Waals surface area (Å²) in [6, 6.07) is 9.61. The summed E-state index contributed by atoms with van der Waals surface area (Å²) in [6.07, 6.45) is 0. The van der Waals surface area contributed by atoms with Gasteiger partial charge in [0.05, 0.1) is 0 Å². The highest BCUT2D eigenvalue weighted by Crippen LogP contribution is 2.02. The molecule has 0 fully saturated rings. The Morgan fingerprint density at radius 3 is 2.54 bits per heavy atom. The van der Waals surface area contributed by atoms with Gasteiger partial charge in [-0.15, -0.1) is 0 Å². The molecule has 0 bridgehead atoms. The van der Waals surface area contributed by atoms with Crippen LogP contribution in [-0.4, -0.2) is 7.05 Å². The van der Waals surface area contributed by atoms with Crippen LogP contribution < -0.4 is 5.32 Å². The predicted molar refractivity (Wildman–Crippen MR) is 51.7 cm³/mol. The molecule has 1 aromatic carbocycles. The third-order valence-electron chi connectivity index (χ3n) is 1.60. The molecule has 0 saturated heterocycles. The highest BCUT2D eigenvalue weighted by molar-refractivity contribution is 5.38. The molecule has 2 nitrogen and oxygen atoms in total. The molecule has 0 spiro atoms. The lowest BCUT2D eigenvalue weighted by molar-refractivity contribution is 0.818. The minimum atomic E-state index is 0.853. The van der Waals surface area contributed by atoms with Crippen LogP contribution in [0.1, 0.15) is 11.1 Å². The van der Waals surface area contributed by atoms with Crippen molar-refractivity contribution in [2.45, 2.75) is 6.54 Å². The third-order valence-corrected chi connectivity index (χ3v) is 1.60. The SMILES string of the molecule is CNCc1ccc(C#CC#N)cc1. The zero-order chi connectivity index (χ0) is 9.52. The molecule has 0 amide bonds. The maximum Gasteiger partial charge on any atom is 0.152 e. The first kappa shape index (κ1) is 9.32. The van der Waals surface area contributed by atoms with Crippen LogP contribution in [0.3, 0.4) is 0 Å². The summed E-state index contributed by atoms with van der Waals surface area (Å²) in [7, 11) is 1.91. The van der Waals surface area contributed by atoms with Gasteiger partial charge in [0, 0.05) is 18.0 Å². The quantitative estimate of drug-likeness (QED) is 0.679. The van der Waals surface area contributed by atoms with Gasteiger partial charge >= 0.3 is 0 Å². The highest BCUT2D eigenvalue weighted by Gasteiger charge is 1.89. The van der Waals surface area contributed by atoms with Crippen LogP contribution >= 0.6 is 0 Å². The fraction of sp³-hybridized carbons (Fsp3) is 0.182. The van der Waals surface area contributed by atoms with Gasteiger partial charge in [-0.2, -0.15) is 5.26 Å². The molecule has 0 radical (unpaired) electrons. The zero-order valence-corrected chi connectivity index (χ0v) is 7.46. The standard InChI is InChI=1S/C11H10N2/c1-13-9-11-6-4-10(5-7-11)3-2-8-12/h4-7,13H,9H2,1H3. The molecular formula is C11H10N2. The molecule has 1 aromatic rings. The second-order valence-corrected chi connectivity index (χ2v) is 2.59. The van der Waals surface area contributed by atoms with E-state index in [0.29, 0.717) is 0 Å². The maximum absolute atomic E-state index is 8.23. The van der Waals surface area contributed by atoms with Crippen molar-refractivity contribution >= 4 is 0 Å². The molecule has 0 aliphatic carbocycles. The topological polar surface area (TPSA) is 35.8 Å². The van der Waals surface area contributed by atoms with E-state index in [1.165, 1.54) is 5.56 Å². The van der Waals surface area contributed by atoms with Crippen LogP contribution in [0.25, 0.3) is 0 Å². The number of nitrogens with zero attached hydrogens (tertiary/aromatic N) is 1. The number of benzene rings is 1. The summed E-state index contributed by atoms with van der Waals surface area (Å²) >= 11 is 0. The van der Waals surface area contributed by atoms with Crippen LogP contribution in [0.5, 0.6) is 0 Å². The molecule has 0 aliphatic heterocycles. The summed E-state index contributed by atoms with van der Waals surface area (Å²) in [5.74, 6) is 5.09. The average Bonchev–Trinajstić information content (AvgIpc) is 2.17. The monoisotopic (exact) mass is 170 g/mol. The van der Waals surface area contributed by atoms with Crippen LogP contribution in [0, 0.1) is 23.2 Å². The zero-order valence-electron chi connectivity index (χ0n) is 7.46. The van der Waals surface area contributed by atoms with Crippen LogP contribution in [-0.2, 0) is 6.54 Å². The molecule has 2 heteroatoms. The smallest absolute Gasteiger partial charge is 0.152 e. The molecule has 1 rings (SSSR count). The lowest BCUT2D eigenvalue weighted by Crippen LogP contribution is -2.04. The maximum atomic E-state index is 8.23. The molecule has 1 N–H and O–H groups in total. The number of nitrogens with one attached hydrogen (secondary N) is 1. The lowest BCUT2D eigenvalue weighted by Gasteiger charge is -1.98. The van der Waals surface area contributed by atoms with Gasteiger partial charge in [-0.3, -0.25) is 0 Å². The van der Waals surface area contributed by atoms with Crippen molar-refractivity contribution in [2.24, 2.45) is 0 Å². The van der Waals surface area contributed by atoms with Gasteiger partial charge in [0.15, 0.2) is 6.07 Å². The van der Waals surface area contributed by atoms with Crippen LogP contribution in [0.15, 0.2) is 24.3 Å². The Kier molecular flexibility index (Phi) is 3.57. The molecular weight excluding hydrogens is 160 g/mol. The van der Waals surface area contributed by atoms with Crippen molar-refractivity contribution in [1.82, 2.24) is 5.32 Å². The number of nitriles is 1. The Labute approximate surface area is 78.2 Å². The van der Waals surface area contributed by atoms with E-state index < -0.39 is 0 Å². The molecule has 0 heterocycles. The minimum Gasteiger partial charge on any atom is -0.316 e. The highest BCUT2D eigenvalue weighted by atomic mass is 14.8. The molecule has 64 valence electrons. The summed E-state index contributed by atoms with van der Waals surface area (Å²) in [5, 5.41) is 11.3. The Morgan fingerprint density at radius 1 is 1.31 bits per heavy atom. The van der Waals surface area contributed by atoms with Crippen molar-refractivity contribution in [2.75, 3.05) is 7.05 Å². The van der Waals surface area contributed by atoms with Gasteiger partial charge in [-0.25, -0.2) is 0 Å². The molecule has 0 saturated carbocycles. The van der Waals surface area contributed by atoms with E-state index >= 15 is 0 Å². The van der Waals surface area contributed by atoms with Crippen molar-refractivity contribution in [3.63, 3.8) is 0 Å². The Morgan fingerprint density at radius 2 is 2.00 bits per heavy atom. The molecule has 13 heavy (non-hydrogen) atoms. The van der Waals surface area contributed by atoms with E-state index in [1.807, 2.05) is 31.3 Å². The van der Waals surface area contributed by atoms with E-state index in [1.54, 1.807) is 6.07 Å². The average molecular weight is 170 g/mol. The van der Waals surface area contributed by atoms with Gasteiger partial charge in [0.25, 0.3) is 0 Å². The Balaban J connectivity index is 2.76. The van der Waals surface area contributed by atoms with Gasteiger partial charge in [0.2, 0.25) is 0 Å². The fourth-order valence-electron chi connectivity index (χ4n) is 1.01. The third kappa shape index (κ3) is 2.99. The van der Waals surface area contributed by atoms with Crippen LogP contribution in [0.4, 0.5) is 0 Å². The molecule has 0 aliphatic rings. The molecule has 0 unspecified atom stereocenters. The Hall–Kier alpha value is -1.77. The van der Waals surface area contributed by atoms with Gasteiger partial charge in [-0.05, 0) is 24.7 Å². The van der Waals surface area contributed by atoms with Crippen molar-refractivity contribution < 1.29 is 0 Å². The van der Waals surface area contributed by atoms with E-state index in [0.717, 1.165) is 12.1 Å². The first-order valence-corrected chi connectivity index (χ1v) is 4.00. The second kappa shape index (κ2) is 4.98. The normalized spacial score (nSPS) is 8.31. The van der Waals surface area contributed by atoms with E-state index in [-0.39, 0.29) is 0 Å². The summed E-state index contributed by atoms with van der Waals surface area (Å²) in [6.45, 7) is 0.853. The summed E-state index contributed by atoms with van der Waals surface area (Å²) in [5.41, 5.74) is 2.09. The lowest BCUT2D eigenvalue weighted by atomic mass is 10.1. The van der Waals surface area contributed by atoms with Crippen LogP contribution in [0.2, 0.25) is 0 Å². The first-order valence-electron chi connectivity index (χ1n) is 4.00. The Bertz CT molecular complexity index is 360. The molecule has 0 atom stereocenters. The number of hydrogen-bond acceptors (Lipinski definition) is 2. The van der Waals surface area contributed by atoms with Gasteiger partial charge in [0.1, 0.15) is 0 Å². The van der Waals surface area contributed by atoms with E-state index in [2.05, 4.69) is 17.2 Å². The second-order valence-electron chi connectivity index (χ2n) is 2.59. The van der Waals surface area contributed by atoms with Gasteiger partial charge in [-0.1, -0.05) is 18.1 Å². The largest absolute Gasteiger partial charge is 0.316 e. The predicted octanol–water partition coefficient (Wildman–Crippen LogP) is 1.28. The minimum absolute atomic E-state index is 0.853. The number of rotatable bonds is 2. The van der Waals surface area contributed by atoms with Gasteiger partial charge < -0.3 is 5.32 Å². The van der Waals surface area contributed by atoms with Crippen molar-refractivity contribution in [3.05, 3.63) is 35.4 Å². The first-order chi connectivity index (χ1) is 6.36. The molecule has 0 aromatic heterocycles. The van der Waals surface area contributed by atoms with Crippen molar-refractivity contribution in [1.29, 1.82) is 5.26 Å². The number of hydrogen-bond donors (Lipinski definition) is 1. The van der Waals surface area contributed by atoms with Crippen molar-refractivity contribution in [3.8, 4) is 17.9 Å². The summed E-state index contributed by atoms with van der Waals surface area (Å²) < 4.78 is 0. The fourth-order valence-corrected chi connectivity index (χ4v) is 1.01. The van der Waals surface area contributed by atoms with E-state index in [9.17, 15) is 0 Å².